The summed E-state index contributed by atoms with van der Waals surface area (Å²) in [5.41, 5.74) is 0.869. The highest BCUT2D eigenvalue weighted by molar-refractivity contribution is 5.83. The van der Waals surface area contributed by atoms with E-state index in [1.54, 1.807) is 61.5 Å². The Kier molecular flexibility index (Phi) is 16.0. The van der Waals surface area contributed by atoms with Crippen molar-refractivity contribution in [1.29, 1.82) is 5.26 Å². The summed E-state index contributed by atoms with van der Waals surface area (Å²) in [5, 5.41) is 26.7. The third-order valence-electron chi connectivity index (χ3n) is 9.75. The summed E-state index contributed by atoms with van der Waals surface area (Å²) in [5.74, 6) is 0.513. The largest absolute Gasteiger partial charge is 0.481 e. The van der Waals surface area contributed by atoms with Crippen LogP contribution < -0.4 is 9.47 Å². The molecule has 0 aliphatic heterocycles. The van der Waals surface area contributed by atoms with Crippen molar-refractivity contribution in [2.45, 2.75) is 54.6 Å². The number of hydrogen-bond acceptors (Lipinski definition) is 7. The first kappa shape index (κ1) is 44.5. The summed E-state index contributed by atoms with van der Waals surface area (Å²) < 4.78 is 37.6. The van der Waals surface area contributed by atoms with E-state index < -0.39 is 23.7 Å². The number of nitrogens with zero attached hydrogens (tertiary/aromatic N) is 1. The smallest absolute Gasteiger partial charge is 0.307 e. The molecule has 4 aromatic rings. The standard InChI is InChI=1S/C14H10FNO2.C13H9FO2.C10H16O.C9H14O2/c15-12-7-6-10(13(17)9-16)8-14(12)18-11-4-2-1-3-5-11;14-12-7-6-10(9-15)8-13(12)16-11-4-2-1-3-5-11;1-5-6-8-9(7(2)11)10(8,3)4;1-4-5-6-7(8(10)11)9(6,2)3/h1-8,13,17H;1-9H;5-6,8-9H,1-4H3;4-7H,1-3H3,(H,10,11). The summed E-state index contributed by atoms with van der Waals surface area (Å²) >= 11 is 0. The number of aliphatic carboxylic acids is 1. The first-order valence-corrected chi connectivity index (χ1v) is 18.1. The number of Topliss-reactive ketones (excluding diaryl/α,β-unsaturated/α-hetero) is 1. The molecule has 4 aromatic carbocycles. The van der Waals surface area contributed by atoms with Crippen LogP contribution in [0.1, 0.15) is 70.5 Å². The first-order valence-electron chi connectivity index (χ1n) is 18.1. The summed E-state index contributed by atoms with van der Waals surface area (Å²) in [6.07, 6.45) is 7.45. The highest BCUT2D eigenvalue weighted by atomic mass is 19.1. The average molecular weight is 766 g/mol. The minimum Gasteiger partial charge on any atom is -0.481 e. The van der Waals surface area contributed by atoms with Crippen molar-refractivity contribution in [3.8, 4) is 29.1 Å². The molecule has 0 spiro atoms. The topological polar surface area (TPSA) is 134 Å². The van der Waals surface area contributed by atoms with Gasteiger partial charge in [-0.15, -0.1) is 0 Å². The van der Waals surface area contributed by atoms with Gasteiger partial charge in [0.2, 0.25) is 0 Å². The molecular weight excluding hydrogens is 717 g/mol. The van der Waals surface area contributed by atoms with Crippen LogP contribution in [0.3, 0.4) is 0 Å². The monoisotopic (exact) mass is 765 g/mol. The lowest BCUT2D eigenvalue weighted by atomic mass is 10.1. The molecule has 0 bridgehead atoms. The Hall–Kier alpha value is -5.92. The van der Waals surface area contributed by atoms with Gasteiger partial charge < -0.3 is 19.7 Å². The van der Waals surface area contributed by atoms with Crippen LogP contribution in [0.5, 0.6) is 23.0 Å². The second-order valence-corrected chi connectivity index (χ2v) is 14.5. The van der Waals surface area contributed by atoms with Gasteiger partial charge in [0, 0.05) is 11.5 Å². The van der Waals surface area contributed by atoms with Gasteiger partial charge in [-0.3, -0.25) is 14.4 Å². The second kappa shape index (κ2) is 20.1. The molecule has 0 heterocycles. The minimum atomic E-state index is -1.29. The zero-order valence-electron chi connectivity index (χ0n) is 32.6. The van der Waals surface area contributed by atoms with Crippen LogP contribution in [0, 0.1) is 57.5 Å². The number of hydrogen-bond donors (Lipinski definition) is 2. The molecule has 2 fully saturated rings. The van der Waals surface area contributed by atoms with Crippen molar-refractivity contribution < 1.29 is 42.9 Å². The Bertz CT molecular complexity index is 1990. The molecule has 0 radical (unpaired) electrons. The highest BCUT2D eigenvalue weighted by Gasteiger charge is 2.60. The Balaban J connectivity index is 0.000000205. The molecule has 2 aliphatic rings. The lowest BCUT2D eigenvalue weighted by Crippen LogP contribution is -2.02. The van der Waals surface area contributed by atoms with Crippen LogP contribution in [-0.2, 0) is 9.59 Å². The number of aliphatic hydroxyl groups excluding tert-OH is 1. The van der Waals surface area contributed by atoms with Crippen molar-refractivity contribution in [2.75, 3.05) is 0 Å². The van der Waals surface area contributed by atoms with Crippen LogP contribution >= 0.6 is 0 Å². The summed E-state index contributed by atoms with van der Waals surface area (Å²) in [6, 6.07) is 27.0. The van der Waals surface area contributed by atoms with Crippen LogP contribution in [0.15, 0.2) is 121 Å². The molecule has 2 saturated carbocycles. The van der Waals surface area contributed by atoms with E-state index in [2.05, 4.69) is 19.9 Å². The predicted molar refractivity (Wildman–Crippen MR) is 211 cm³/mol. The van der Waals surface area contributed by atoms with E-state index in [9.17, 15) is 28.3 Å². The Labute approximate surface area is 327 Å². The highest BCUT2D eigenvalue weighted by Crippen LogP contribution is 2.59. The average Bonchev–Trinajstić information content (AvgIpc) is 3.95. The molecule has 2 aliphatic carbocycles. The zero-order valence-corrected chi connectivity index (χ0v) is 32.6. The van der Waals surface area contributed by atoms with E-state index in [1.807, 2.05) is 58.1 Å². The summed E-state index contributed by atoms with van der Waals surface area (Å²) in [4.78, 5) is 32.2. The van der Waals surface area contributed by atoms with Gasteiger partial charge in [-0.05, 0) is 104 Å². The van der Waals surface area contributed by atoms with Gasteiger partial charge >= 0.3 is 5.97 Å². The maximum atomic E-state index is 13.5. The van der Waals surface area contributed by atoms with Crippen LogP contribution in [0.25, 0.3) is 0 Å². The fourth-order valence-electron chi connectivity index (χ4n) is 6.48. The molecular formula is C46H49F2NO7. The van der Waals surface area contributed by atoms with Gasteiger partial charge in [0.05, 0.1) is 12.0 Å². The van der Waals surface area contributed by atoms with Crippen molar-refractivity contribution in [3.63, 3.8) is 0 Å². The van der Waals surface area contributed by atoms with E-state index in [0.29, 0.717) is 40.6 Å². The maximum Gasteiger partial charge on any atom is 0.307 e. The molecule has 10 heteroatoms. The van der Waals surface area contributed by atoms with E-state index in [-0.39, 0.29) is 40.1 Å². The van der Waals surface area contributed by atoms with E-state index >= 15 is 0 Å². The molecule has 8 nitrogen and oxygen atoms in total. The van der Waals surface area contributed by atoms with Gasteiger partial charge in [-0.1, -0.05) is 94.5 Å². The number of para-hydroxylation sites is 2. The lowest BCUT2D eigenvalue weighted by molar-refractivity contribution is -0.139. The van der Waals surface area contributed by atoms with Crippen molar-refractivity contribution in [2.24, 2.45) is 34.5 Å². The van der Waals surface area contributed by atoms with Crippen molar-refractivity contribution in [3.05, 3.63) is 144 Å². The predicted octanol–water partition coefficient (Wildman–Crippen LogP) is 10.9. The first-order chi connectivity index (χ1) is 26.5. The Morgan fingerprint density at radius 3 is 1.59 bits per heavy atom. The molecule has 294 valence electrons. The van der Waals surface area contributed by atoms with Crippen LogP contribution in [0.4, 0.5) is 8.78 Å². The van der Waals surface area contributed by atoms with E-state index in [4.69, 9.17) is 19.8 Å². The number of rotatable bonds is 10. The number of halogens is 2. The van der Waals surface area contributed by atoms with Gasteiger partial charge in [-0.2, -0.15) is 5.26 Å². The number of aldehydes is 1. The molecule has 0 amide bonds. The third-order valence-corrected chi connectivity index (χ3v) is 9.75. The number of benzene rings is 4. The van der Waals surface area contributed by atoms with Gasteiger partial charge in [-0.25, -0.2) is 8.78 Å². The second-order valence-electron chi connectivity index (χ2n) is 14.5. The van der Waals surface area contributed by atoms with Crippen molar-refractivity contribution >= 4 is 18.0 Å². The van der Waals surface area contributed by atoms with Crippen LogP contribution in [-0.4, -0.2) is 28.3 Å². The minimum absolute atomic E-state index is 0.0204. The van der Waals surface area contributed by atoms with E-state index in [1.165, 1.54) is 30.3 Å². The number of nitriles is 1. The fraction of sp³-hybridized carbons (Fsp3) is 0.304. The quantitative estimate of drug-likeness (QED) is 0.0926. The van der Waals surface area contributed by atoms with Crippen molar-refractivity contribution in [1.82, 2.24) is 0 Å². The number of carbonyl (C=O) groups excluding carboxylic acids is 2. The molecule has 56 heavy (non-hydrogen) atoms. The normalized spacial score (nSPS) is 19.9. The fourth-order valence-corrected chi connectivity index (χ4v) is 6.48. The molecule has 0 saturated heterocycles. The Morgan fingerprint density at radius 1 is 0.750 bits per heavy atom. The van der Waals surface area contributed by atoms with Gasteiger partial charge in [0.15, 0.2) is 29.2 Å². The SMILES string of the molecule is CC=CC1C(C(=O)O)C1(C)C.CC=CC1C(C(C)=O)C1(C)C.N#CC(O)c1ccc(F)c(Oc2ccccc2)c1.O=Cc1ccc(F)c(Oc2ccccc2)c1. The number of allylic oxidation sites excluding steroid dienone is 4. The molecule has 2 N–H and O–H groups in total. The molecule has 5 atom stereocenters. The number of carbonyl (C=O) groups is 3. The molecule has 0 aromatic heterocycles. The Morgan fingerprint density at radius 2 is 1.20 bits per heavy atom. The van der Waals surface area contributed by atoms with Gasteiger partial charge in [0.25, 0.3) is 0 Å². The number of carboxylic acids is 1. The zero-order chi connectivity index (χ0) is 41.6. The summed E-state index contributed by atoms with van der Waals surface area (Å²) in [6.45, 7) is 13.9. The number of carboxylic acid groups (broad SMARTS) is 1. The molecule has 5 unspecified atom stereocenters. The van der Waals surface area contributed by atoms with Crippen LogP contribution in [0.2, 0.25) is 0 Å². The number of ether oxygens (including phenoxy) is 2. The van der Waals surface area contributed by atoms with Gasteiger partial charge in [0.1, 0.15) is 23.6 Å². The van der Waals surface area contributed by atoms with E-state index in [0.717, 1.165) is 6.07 Å². The lowest BCUT2D eigenvalue weighted by Gasteiger charge is -2.09. The third kappa shape index (κ3) is 12.0. The maximum absolute atomic E-state index is 13.5. The summed E-state index contributed by atoms with van der Waals surface area (Å²) in [7, 11) is 0. The molecule has 6 rings (SSSR count). The number of ketones is 1. The number of aliphatic hydroxyl groups is 1.